The minimum Gasteiger partial charge on any atom is -0.462 e. The van der Waals surface area contributed by atoms with Crippen LogP contribution in [0.5, 0.6) is 0 Å². The largest absolute Gasteiger partial charge is 0.462 e. The minimum absolute atomic E-state index is 0.0695. The number of unbranched alkanes of at least 4 members (excludes halogenated alkanes) is 29. The summed E-state index contributed by atoms with van der Waals surface area (Å²) in [4.78, 5) is 37.8. The van der Waals surface area contributed by atoms with Gasteiger partial charge in [-0.25, -0.2) is 0 Å². The Kier molecular flexibility index (Phi) is 48.8. The zero-order chi connectivity index (χ0) is 45.1. The highest BCUT2D eigenvalue weighted by atomic mass is 16.6. The maximum atomic E-state index is 12.7. The normalized spacial score (nSPS) is 12.4. The molecule has 62 heavy (non-hydrogen) atoms. The van der Waals surface area contributed by atoms with Crippen molar-refractivity contribution in [2.45, 2.75) is 277 Å². The summed E-state index contributed by atoms with van der Waals surface area (Å²) >= 11 is 0. The van der Waals surface area contributed by atoms with E-state index in [4.69, 9.17) is 14.2 Å². The fourth-order valence-electron chi connectivity index (χ4n) is 7.61. The van der Waals surface area contributed by atoms with Gasteiger partial charge in [-0.05, 0) is 57.8 Å². The SMILES string of the molecule is CC/C=C\C/C=C\C/C=C\C/C=C\CCCCCCCCCCCCCCC(=O)OCC(COC(=O)CCCCCCCCCCC)OC(=O)CCCCCCCCCCCC. The van der Waals surface area contributed by atoms with E-state index >= 15 is 0 Å². The van der Waals surface area contributed by atoms with Crippen molar-refractivity contribution in [3.63, 3.8) is 0 Å². The molecule has 0 aromatic rings. The lowest BCUT2D eigenvalue weighted by molar-refractivity contribution is -0.167. The second kappa shape index (κ2) is 51.0. The molecule has 6 heteroatoms. The average Bonchev–Trinajstić information content (AvgIpc) is 3.27. The third kappa shape index (κ3) is 48.4. The maximum Gasteiger partial charge on any atom is 0.306 e. The van der Waals surface area contributed by atoms with Gasteiger partial charge in [0.25, 0.3) is 0 Å². The molecule has 0 rings (SSSR count). The summed E-state index contributed by atoms with van der Waals surface area (Å²) in [5.41, 5.74) is 0. The van der Waals surface area contributed by atoms with E-state index in [1.54, 1.807) is 0 Å². The van der Waals surface area contributed by atoms with Gasteiger partial charge in [0.05, 0.1) is 0 Å². The fraction of sp³-hybridized carbons (Fsp3) is 0.804. The van der Waals surface area contributed by atoms with Gasteiger partial charge in [-0.2, -0.15) is 0 Å². The molecule has 0 aliphatic heterocycles. The van der Waals surface area contributed by atoms with Crippen LogP contribution < -0.4 is 0 Å². The highest BCUT2D eigenvalue weighted by molar-refractivity contribution is 5.71. The van der Waals surface area contributed by atoms with Gasteiger partial charge in [-0.1, -0.05) is 243 Å². The van der Waals surface area contributed by atoms with Crippen LogP contribution in [0.4, 0.5) is 0 Å². The Bertz CT molecular complexity index is 1090. The van der Waals surface area contributed by atoms with Crippen molar-refractivity contribution >= 4 is 17.9 Å². The van der Waals surface area contributed by atoms with Crippen molar-refractivity contribution in [2.75, 3.05) is 13.2 Å². The summed E-state index contributed by atoms with van der Waals surface area (Å²) in [6.45, 7) is 6.51. The van der Waals surface area contributed by atoms with Crippen molar-refractivity contribution < 1.29 is 28.6 Å². The highest BCUT2D eigenvalue weighted by Gasteiger charge is 2.19. The average molecular weight is 869 g/mol. The monoisotopic (exact) mass is 869 g/mol. The van der Waals surface area contributed by atoms with E-state index in [-0.39, 0.29) is 31.1 Å². The lowest BCUT2D eigenvalue weighted by atomic mass is 10.0. The molecule has 0 spiro atoms. The van der Waals surface area contributed by atoms with Crippen LogP contribution in [0, 0.1) is 0 Å². The first-order valence-electron chi connectivity index (χ1n) is 26.6. The highest BCUT2D eigenvalue weighted by Crippen LogP contribution is 2.16. The Balaban J connectivity index is 4.13. The predicted octanol–water partition coefficient (Wildman–Crippen LogP) is 17.5. The molecule has 360 valence electrons. The molecular formula is C56H100O6. The number of hydrogen-bond acceptors (Lipinski definition) is 6. The predicted molar refractivity (Wildman–Crippen MR) is 265 cm³/mol. The van der Waals surface area contributed by atoms with Crippen molar-refractivity contribution in [2.24, 2.45) is 0 Å². The number of carbonyl (C=O) groups excluding carboxylic acids is 3. The minimum atomic E-state index is -0.766. The molecule has 0 aliphatic rings. The maximum absolute atomic E-state index is 12.7. The molecule has 0 amide bonds. The first-order chi connectivity index (χ1) is 30.5. The van der Waals surface area contributed by atoms with Gasteiger partial charge >= 0.3 is 17.9 Å². The molecule has 1 unspecified atom stereocenters. The van der Waals surface area contributed by atoms with Crippen LogP contribution in [0.25, 0.3) is 0 Å². The molecule has 0 radical (unpaired) electrons. The summed E-state index contributed by atoms with van der Waals surface area (Å²) in [6, 6.07) is 0. The Morgan fingerprint density at radius 3 is 0.984 bits per heavy atom. The molecule has 0 aromatic heterocycles. The van der Waals surface area contributed by atoms with E-state index in [0.29, 0.717) is 19.3 Å². The van der Waals surface area contributed by atoms with Crippen molar-refractivity contribution in [3.05, 3.63) is 48.6 Å². The first-order valence-corrected chi connectivity index (χ1v) is 26.6. The summed E-state index contributed by atoms with van der Waals surface area (Å²) in [5, 5.41) is 0. The molecule has 1 atom stereocenters. The van der Waals surface area contributed by atoms with Gasteiger partial charge in [-0.15, -0.1) is 0 Å². The van der Waals surface area contributed by atoms with E-state index in [0.717, 1.165) is 83.5 Å². The Hall–Kier alpha value is -2.63. The van der Waals surface area contributed by atoms with Gasteiger partial charge in [0.15, 0.2) is 6.10 Å². The molecule has 0 fully saturated rings. The molecule has 0 aliphatic carbocycles. The zero-order valence-electron chi connectivity index (χ0n) is 41.1. The standard InChI is InChI=1S/C56H100O6/c1-4-7-10-13-16-19-21-22-23-24-25-26-27-28-29-30-31-32-33-34-35-38-40-43-46-49-55(58)61-52-53(51-60-54(57)48-45-42-39-36-18-15-12-9-6-3)62-56(59)50-47-44-41-37-20-17-14-11-8-5-2/h7,10,16,19,22-23,25-26,53H,4-6,8-9,11-15,17-18,20-21,24,27-52H2,1-3H3/b10-7-,19-16-,23-22-,26-25-. The van der Waals surface area contributed by atoms with Gasteiger partial charge in [0.1, 0.15) is 13.2 Å². The summed E-state index contributed by atoms with van der Waals surface area (Å²) < 4.78 is 16.7. The van der Waals surface area contributed by atoms with Crippen LogP contribution in [-0.4, -0.2) is 37.2 Å². The van der Waals surface area contributed by atoms with Crippen molar-refractivity contribution in [3.8, 4) is 0 Å². The quantitative estimate of drug-likeness (QED) is 0.0262. The topological polar surface area (TPSA) is 78.9 Å². The molecule has 0 heterocycles. The number of ether oxygens (including phenoxy) is 3. The Morgan fingerprint density at radius 2 is 0.629 bits per heavy atom. The molecule has 0 N–H and O–H groups in total. The van der Waals surface area contributed by atoms with E-state index in [1.165, 1.54) is 148 Å². The fourth-order valence-corrected chi connectivity index (χ4v) is 7.61. The van der Waals surface area contributed by atoms with Crippen molar-refractivity contribution in [1.29, 1.82) is 0 Å². The van der Waals surface area contributed by atoms with E-state index in [1.807, 2.05) is 0 Å². The molecule has 0 saturated heterocycles. The van der Waals surface area contributed by atoms with Gasteiger partial charge in [0, 0.05) is 19.3 Å². The number of carbonyl (C=O) groups is 3. The molecular weight excluding hydrogens is 769 g/mol. The van der Waals surface area contributed by atoms with Gasteiger partial charge < -0.3 is 14.2 Å². The van der Waals surface area contributed by atoms with Crippen LogP contribution in [0.3, 0.4) is 0 Å². The van der Waals surface area contributed by atoms with Crippen LogP contribution >= 0.6 is 0 Å². The van der Waals surface area contributed by atoms with E-state index < -0.39 is 6.10 Å². The molecule has 0 saturated carbocycles. The Morgan fingerprint density at radius 1 is 0.339 bits per heavy atom. The number of allylic oxidation sites excluding steroid dienone is 8. The van der Waals surface area contributed by atoms with Crippen LogP contribution in [0.2, 0.25) is 0 Å². The van der Waals surface area contributed by atoms with Crippen LogP contribution in [0.15, 0.2) is 48.6 Å². The summed E-state index contributed by atoms with van der Waals surface area (Å²) in [7, 11) is 0. The molecule has 6 nitrogen and oxygen atoms in total. The second-order valence-electron chi connectivity index (χ2n) is 17.8. The second-order valence-corrected chi connectivity index (χ2v) is 17.8. The molecule has 0 bridgehead atoms. The summed E-state index contributed by atoms with van der Waals surface area (Å²) in [6.07, 6.45) is 61.1. The third-order valence-electron chi connectivity index (χ3n) is 11.6. The third-order valence-corrected chi connectivity index (χ3v) is 11.6. The van der Waals surface area contributed by atoms with E-state index in [9.17, 15) is 14.4 Å². The smallest absolute Gasteiger partial charge is 0.306 e. The Labute approximate surface area is 384 Å². The lowest BCUT2D eigenvalue weighted by Gasteiger charge is -2.18. The van der Waals surface area contributed by atoms with Crippen LogP contribution in [0.1, 0.15) is 271 Å². The number of hydrogen-bond donors (Lipinski definition) is 0. The van der Waals surface area contributed by atoms with E-state index in [2.05, 4.69) is 69.4 Å². The zero-order valence-corrected chi connectivity index (χ0v) is 41.1. The van der Waals surface area contributed by atoms with Gasteiger partial charge in [0.2, 0.25) is 0 Å². The lowest BCUT2D eigenvalue weighted by Crippen LogP contribution is -2.30. The van der Waals surface area contributed by atoms with Crippen molar-refractivity contribution in [1.82, 2.24) is 0 Å². The summed E-state index contributed by atoms with van der Waals surface area (Å²) in [5.74, 6) is -0.867. The van der Waals surface area contributed by atoms with Gasteiger partial charge in [-0.3, -0.25) is 14.4 Å². The van der Waals surface area contributed by atoms with Crippen LogP contribution in [-0.2, 0) is 28.6 Å². The first kappa shape index (κ1) is 59.4. The number of esters is 3. The number of rotatable bonds is 48. The molecule has 0 aromatic carbocycles.